The van der Waals surface area contributed by atoms with Gasteiger partial charge in [-0.2, -0.15) is 0 Å². The molecule has 0 bridgehead atoms. The van der Waals surface area contributed by atoms with Crippen molar-refractivity contribution in [3.63, 3.8) is 0 Å². The molecule has 0 saturated heterocycles. The lowest BCUT2D eigenvalue weighted by atomic mass is 10.2. The van der Waals surface area contributed by atoms with Crippen LogP contribution in [0.3, 0.4) is 0 Å². The van der Waals surface area contributed by atoms with Crippen LogP contribution in [0.2, 0.25) is 0 Å². The third-order valence-corrected chi connectivity index (χ3v) is 3.10. The third-order valence-electron chi connectivity index (χ3n) is 3.10. The molecule has 0 N–H and O–H groups in total. The molecule has 0 atom stereocenters. The number of ether oxygens (including phenoxy) is 1. The summed E-state index contributed by atoms with van der Waals surface area (Å²) in [5, 5.41) is 8.00. The Kier molecular flexibility index (Phi) is 5.68. The lowest BCUT2D eigenvalue weighted by Crippen LogP contribution is -2.27. The maximum atomic E-state index is 12.0. The van der Waals surface area contributed by atoms with Crippen LogP contribution in [0.1, 0.15) is 50.8 Å². The first-order valence-electron chi connectivity index (χ1n) is 7.14. The Bertz CT molecular complexity index is 445. The fourth-order valence-corrected chi connectivity index (χ4v) is 1.86. The van der Waals surface area contributed by atoms with Crippen LogP contribution in [0.5, 0.6) is 0 Å². The van der Waals surface area contributed by atoms with E-state index in [9.17, 15) is 4.79 Å². The molecule has 0 radical (unpaired) electrons. The minimum absolute atomic E-state index is 0.305. The summed E-state index contributed by atoms with van der Waals surface area (Å²) in [6, 6.07) is 0. The number of hydrogen-bond donors (Lipinski definition) is 0. The lowest BCUT2D eigenvalue weighted by Gasteiger charge is -2.19. The van der Waals surface area contributed by atoms with Crippen LogP contribution in [-0.4, -0.2) is 51.1 Å². The van der Waals surface area contributed by atoms with Crippen LogP contribution in [0.4, 0.5) is 0 Å². The molecular weight excluding hydrogens is 256 g/mol. The average molecular weight is 282 g/mol. The van der Waals surface area contributed by atoms with Crippen LogP contribution in [0, 0.1) is 6.92 Å². The summed E-state index contributed by atoms with van der Waals surface area (Å²) in [4.78, 5) is 14.3. The lowest BCUT2D eigenvalue weighted by molar-refractivity contribution is 0.00618. The first-order valence-corrected chi connectivity index (χ1v) is 7.14. The van der Waals surface area contributed by atoms with Gasteiger partial charge in [-0.1, -0.05) is 19.1 Å². The van der Waals surface area contributed by atoms with E-state index in [4.69, 9.17) is 4.74 Å². The van der Waals surface area contributed by atoms with Crippen molar-refractivity contribution in [3.05, 3.63) is 11.4 Å². The highest BCUT2D eigenvalue weighted by Gasteiger charge is 2.23. The topological polar surface area (TPSA) is 60.2 Å². The van der Waals surface area contributed by atoms with Crippen LogP contribution in [-0.2, 0) is 11.3 Å². The molecule has 0 spiro atoms. The van der Waals surface area contributed by atoms with E-state index in [1.54, 1.807) is 4.68 Å². The fourth-order valence-electron chi connectivity index (χ4n) is 1.86. The van der Waals surface area contributed by atoms with Gasteiger partial charge in [0.05, 0.1) is 12.2 Å². The smallest absolute Gasteiger partial charge is 0.361 e. The van der Waals surface area contributed by atoms with Crippen molar-refractivity contribution in [3.8, 4) is 0 Å². The predicted octanol–water partition coefficient (Wildman–Crippen LogP) is 1.88. The molecule has 6 nitrogen and oxygen atoms in total. The Hall–Kier alpha value is -1.43. The van der Waals surface area contributed by atoms with E-state index in [1.807, 2.05) is 27.7 Å². The molecule has 0 aliphatic carbocycles. The molecule has 1 aromatic heterocycles. The van der Waals surface area contributed by atoms with Gasteiger partial charge >= 0.3 is 5.97 Å². The van der Waals surface area contributed by atoms with Crippen LogP contribution < -0.4 is 0 Å². The quantitative estimate of drug-likeness (QED) is 0.746. The molecule has 0 aliphatic rings. The molecule has 0 saturated carbocycles. The van der Waals surface area contributed by atoms with E-state index in [0.29, 0.717) is 5.69 Å². The number of hydrogen-bond acceptors (Lipinski definition) is 5. The maximum Gasteiger partial charge on any atom is 0.361 e. The largest absolute Gasteiger partial charge is 0.455 e. The average Bonchev–Trinajstić information content (AvgIpc) is 2.70. The van der Waals surface area contributed by atoms with Crippen LogP contribution >= 0.6 is 0 Å². The summed E-state index contributed by atoms with van der Waals surface area (Å²) in [6.07, 6.45) is 0. The molecule has 6 heteroatoms. The van der Waals surface area contributed by atoms with Crippen molar-refractivity contribution in [1.29, 1.82) is 0 Å². The summed E-state index contributed by atoms with van der Waals surface area (Å²) in [6.45, 7) is 15.2. The second-order valence-corrected chi connectivity index (χ2v) is 5.78. The van der Waals surface area contributed by atoms with Gasteiger partial charge < -0.3 is 9.64 Å². The highest BCUT2D eigenvalue weighted by Crippen LogP contribution is 2.13. The van der Waals surface area contributed by atoms with Crippen molar-refractivity contribution in [2.24, 2.45) is 0 Å². The van der Waals surface area contributed by atoms with E-state index in [0.717, 1.165) is 31.9 Å². The van der Waals surface area contributed by atoms with Gasteiger partial charge in [0.15, 0.2) is 5.69 Å². The van der Waals surface area contributed by atoms with Gasteiger partial charge in [0.1, 0.15) is 5.60 Å². The number of likely N-dealkylation sites (N-methyl/N-ethyl adjacent to an activating group) is 1. The van der Waals surface area contributed by atoms with Crippen molar-refractivity contribution < 1.29 is 9.53 Å². The second-order valence-electron chi connectivity index (χ2n) is 5.78. The molecule has 1 rings (SSSR count). The molecule has 1 heterocycles. The molecule has 0 fully saturated rings. The van der Waals surface area contributed by atoms with Crippen molar-refractivity contribution in [2.75, 3.05) is 19.6 Å². The fraction of sp³-hybridized carbons (Fsp3) is 0.786. The van der Waals surface area contributed by atoms with E-state index in [-0.39, 0.29) is 0 Å². The number of nitrogens with zero attached hydrogens (tertiary/aromatic N) is 4. The van der Waals surface area contributed by atoms with Crippen LogP contribution in [0.25, 0.3) is 0 Å². The molecule has 114 valence electrons. The molecule has 1 aromatic rings. The number of aromatic nitrogens is 3. The van der Waals surface area contributed by atoms with Gasteiger partial charge in [-0.3, -0.25) is 0 Å². The first kappa shape index (κ1) is 16.6. The predicted molar refractivity (Wildman–Crippen MR) is 77.7 cm³/mol. The standard InChI is InChI=1S/C14H26N4O2/c1-7-17(8-2)9-10-18-11(3)12(15-16-18)13(19)20-14(4,5)6/h7-10H2,1-6H3. The first-order chi connectivity index (χ1) is 9.28. The van der Waals surface area contributed by atoms with Crippen molar-refractivity contribution in [2.45, 2.75) is 53.7 Å². The molecule has 0 aliphatic heterocycles. The number of esters is 1. The molecule has 20 heavy (non-hydrogen) atoms. The Balaban J connectivity index is 2.72. The van der Waals surface area contributed by atoms with Gasteiger partial charge in [-0.15, -0.1) is 5.10 Å². The molecule has 0 aromatic carbocycles. The zero-order chi connectivity index (χ0) is 15.3. The number of carbonyl (C=O) groups excluding carboxylic acids is 1. The summed E-state index contributed by atoms with van der Waals surface area (Å²) in [5.41, 5.74) is 0.542. The Morgan fingerprint density at radius 1 is 1.30 bits per heavy atom. The summed E-state index contributed by atoms with van der Waals surface area (Å²) in [7, 11) is 0. The second kappa shape index (κ2) is 6.83. The summed E-state index contributed by atoms with van der Waals surface area (Å²) < 4.78 is 7.08. The molecule has 0 amide bonds. The zero-order valence-corrected chi connectivity index (χ0v) is 13.4. The number of carbonyl (C=O) groups is 1. The Morgan fingerprint density at radius 2 is 1.90 bits per heavy atom. The highest BCUT2D eigenvalue weighted by molar-refractivity contribution is 5.88. The third kappa shape index (κ3) is 4.59. The van der Waals surface area contributed by atoms with Crippen LogP contribution in [0.15, 0.2) is 0 Å². The highest BCUT2D eigenvalue weighted by atomic mass is 16.6. The summed E-state index contributed by atoms with van der Waals surface area (Å²) in [5.74, 6) is -0.413. The van der Waals surface area contributed by atoms with Gasteiger partial charge in [0.2, 0.25) is 0 Å². The Morgan fingerprint density at radius 3 is 2.40 bits per heavy atom. The molecule has 0 unspecified atom stereocenters. The van der Waals surface area contributed by atoms with E-state index >= 15 is 0 Å². The van der Waals surface area contributed by atoms with Crippen molar-refractivity contribution in [1.82, 2.24) is 19.9 Å². The Labute approximate surface area is 121 Å². The van der Waals surface area contributed by atoms with E-state index in [2.05, 4.69) is 29.1 Å². The minimum Gasteiger partial charge on any atom is -0.455 e. The summed E-state index contributed by atoms with van der Waals surface area (Å²) >= 11 is 0. The van der Waals surface area contributed by atoms with Gasteiger partial charge in [-0.05, 0) is 40.8 Å². The SMILES string of the molecule is CCN(CC)CCn1nnc(C(=O)OC(C)(C)C)c1C. The maximum absolute atomic E-state index is 12.0. The van der Waals surface area contributed by atoms with Gasteiger partial charge in [0.25, 0.3) is 0 Å². The number of rotatable bonds is 6. The van der Waals surface area contributed by atoms with Gasteiger partial charge in [-0.25, -0.2) is 9.48 Å². The monoisotopic (exact) mass is 282 g/mol. The molecular formula is C14H26N4O2. The van der Waals surface area contributed by atoms with Crippen molar-refractivity contribution >= 4 is 5.97 Å². The normalized spacial score (nSPS) is 11.9. The van der Waals surface area contributed by atoms with Gasteiger partial charge in [0, 0.05) is 6.54 Å². The van der Waals surface area contributed by atoms with E-state index in [1.165, 1.54) is 0 Å². The zero-order valence-electron chi connectivity index (χ0n) is 13.4. The van der Waals surface area contributed by atoms with E-state index < -0.39 is 11.6 Å². The minimum atomic E-state index is -0.519.